The number of hydrogen-bond donors (Lipinski definition) is 1. The summed E-state index contributed by atoms with van der Waals surface area (Å²) >= 11 is 1.64. The molecule has 0 aliphatic carbocycles. The molecule has 1 aromatic carbocycles. The van der Waals surface area contributed by atoms with Crippen LogP contribution in [0.1, 0.15) is 24.3 Å². The first-order valence-corrected chi connectivity index (χ1v) is 7.62. The highest BCUT2D eigenvalue weighted by Crippen LogP contribution is 2.23. The molecule has 0 amide bonds. The van der Waals surface area contributed by atoms with E-state index in [2.05, 4.69) is 29.0 Å². The first-order chi connectivity index (χ1) is 10.2. The van der Waals surface area contributed by atoms with Crippen LogP contribution in [-0.2, 0) is 6.54 Å². The van der Waals surface area contributed by atoms with Crippen molar-refractivity contribution in [3.63, 3.8) is 0 Å². The summed E-state index contributed by atoms with van der Waals surface area (Å²) in [5, 5.41) is 13.0. The van der Waals surface area contributed by atoms with Gasteiger partial charge in [0.25, 0.3) is 0 Å². The zero-order valence-electron chi connectivity index (χ0n) is 12.1. The van der Waals surface area contributed by atoms with E-state index >= 15 is 0 Å². The summed E-state index contributed by atoms with van der Waals surface area (Å²) < 4.78 is 13.2. The van der Waals surface area contributed by atoms with Crippen LogP contribution in [0.3, 0.4) is 0 Å². The van der Waals surface area contributed by atoms with Crippen molar-refractivity contribution in [1.82, 2.24) is 4.98 Å². The van der Waals surface area contributed by atoms with E-state index in [4.69, 9.17) is 5.26 Å². The minimum atomic E-state index is -0.496. The van der Waals surface area contributed by atoms with Crippen molar-refractivity contribution in [2.24, 2.45) is 0 Å². The molecular formula is C15H17FN4S. The van der Waals surface area contributed by atoms with E-state index in [-0.39, 0.29) is 5.56 Å². The maximum Gasteiger partial charge on any atom is 0.185 e. The Morgan fingerprint density at radius 1 is 1.38 bits per heavy atom. The predicted octanol–water partition coefficient (Wildman–Crippen LogP) is 3.61. The van der Waals surface area contributed by atoms with Gasteiger partial charge >= 0.3 is 0 Å². The summed E-state index contributed by atoms with van der Waals surface area (Å²) in [6.07, 6.45) is 1.85. The molecule has 6 heteroatoms. The van der Waals surface area contributed by atoms with E-state index in [0.717, 1.165) is 28.8 Å². The Bertz CT molecular complexity index is 643. The third-order valence-electron chi connectivity index (χ3n) is 3.13. The van der Waals surface area contributed by atoms with Gasteiger partial charge in [0.2, 0.25) is 0 Å². The van der Waals surface area contributed by atoms with E-state index in [1.54, 1.807) is 17.4 Å². The number of benzene rings is 1. The molecular weight excluding hydrogens is 287 g/mol. The Morgan fingerprint density at radius 2 is 2.14 bits per heavy atom. The largest absolute Gasteiger partial charge is 0.380 e. The van der Waals surface area contributed by atoms with Gasteiger partial charge in [-0.3, -0.25) is 0 Å². The third-order valence-corrected chi connectivity index (χ3v) is 4.19. The number of nitrogens with one attached hydrogen (secondary N) is 1. The van der Waals surface area contributed by atoms with E-state index in [1.807, 2.05) is 12.3 Å². The summed E-state index contributed by atoms with van der Waals surface area (Å²) in [6.45, 7) is 6.67. The minimum absolute atomic E-state index is 0.0492. The zero-order valence-corrected chi connectivity index (χ0v) is 12.9. The minimum Gasteiger partial charge on any atom is -0.380 e. The van der Waals surface area contributed by atoms with Gasteiger partial charge in [-0.05, 0) is 32.0 Å². The number of rotatable bonds is 6. The fraction of sp³-hybridized carbons (Fsp3) is 0.333. The van der Waals surface area contributed by atoms with Crippen molar-refractivity contribution in [2.75, 3.05) is 23.3 Å². The quantitative estimate of drug-likeness (QED) is 0.885. The first kappa shape index (κ1) is 15.3. The molecule has 0 aliphatic heterocycles. The SMILES string of the molecule is CCN(CC)c1ncc(CNc2ccc(F)c(C#N)c2)s1. The third kappa shape index (κ3) is 3.70. The van der Waals surface area contributed by atoms with Gasteiger partial charge in [-0.25, -0.2) is 9.37 Å². The van der Waals surface area contributed by atoms with Crippen molar-refractivity contribution >= 4 is 22.2 Å². The van der Waals surface area contributed by atoms with E-state index in [9.17, 15) is 4.39 Å². The number of halogens is 1. The molecule has 0 aliphatic rings. The van der Waals surface area contributed by atoms with Crippen LogP contribution in [0.25, 0.3) is 0 Å². The zero-order chi connectivity index (χ0) is 15.2. The van der Waals surface area contributed by atoms with Crippen LogP contribution in [0.5, 0.6) is 0 Å². The van der Waals surface area contributed by atoms with Crippen LogP contribution >= 0.6 is 11.3 Å². The first-order valence-electron chi connectivity index (χ1n) is 6.81. The number of hydrogen-bond acceptors (Lipinski definition) is 5. The second-order valence-electron chi connectivity index (χ2n) is 4.44. The van der Waals surface area contributed by atoms with Crippen molar-refractivity contribution in [1.29, 1.82) is 5.26 Å². The second kappa shape index (κ2) is 7.04. The molecule has 0 spiro atoms. The number of nitrogens with zero attached hydrogens (tertiary/aromatic N) is 3. The Balaban J connectivity index is 2.02. The van der Waals surface area contributed by atoms with Crippen LogP contribution in [0.2, 0.25) is 0 Å². The number of anilines is 2. The van der Waals surface area contributed by atoms with Gasteiger partial charge in [0.1, 0.15) is 11.9 Å². The lowest BCUT2D eigenvalue weighted by Gasteiger charge is -2.16. The lowest BCUT2D eigenvalue weighted by Crippen LogP contribution is -2.21. The van der Waals surface area contributed by atoms with Gasteiger partial charge in [0, 0.05) is 29.9 Å². The highest BCUT2D eigenvalue weighted by atomic mass is 32.1. The summed E-state index contributed by atoms with van der Waals surface area (Å²) in [7, 11) is 0. The van der Waals surface area contributed by atoms with Gasteiger partial charge in [-0.1, -0.05) is 0 Å². The predicted molar refractivity (Wildman–Crippen MR) is 84.1 cm³/mol. The topological polar surface area (TPSA) is 52.0 Å². The fourth-order valence-electron chi connectivity index (χ4n) is 1.93. The Kier molecular flexibility index (Phi) is 5.12. The second-order valence-corrected chi connectivity index (χ2v) is 5.54. The van der Waals surface area contributed by atoms with Crippen molar-refractivity contribution in [3.8, 4) is 6.07 Å². The van der Waals surface area contributed by atoms with Gasteiger partial charge in [0.15, 0.2) is 5.13 Å². The molecule has 1 aromatic heterocycles. The van der Waals surface area contributed by atoms with Gasteiger partial charge in [-0.15, -0.1) is 11.3 Å². The molecule has 0 unspecified atom stereocenters. The standard InChI is InChI=1S/C15H17FN4S/c1-3-20(4-2)15-19-10-13(21-15)9-18-12-5-6-14(16)11(7-12)8-17/h5-7,10,18H,3-4,9H2,1-2H3. The highest BCUT2D eigenvalue weighted by molar-refractivity contribution is 7.15. The molecule has 1 heterocycles. The highest BCUT2D eigenvalue weighted by Gasteiger charge is 2.08. The van der Waals surface area contributed by atoms with Crippen molar-refractivity contribution < 1.29 is 4.39 Å². The molecule has 0 radical (unpaired) electrons. The Hall–Kier alpha value is -2.13. The molecule has 2 aromatic rings. The molecule has 0 bridgehead atoms. The van der Waals surface area contributed by atoms with Crippen LogP contribution in [-0.4, -0.2) is 18.1 Å². The number of thiazole rings is 1. The summed E-state index contributed by atoms with van der Waals surface area (Å²) in [4.78, 5) is 7.70. The molecule has 0 atom stereocenters. The number of nitriles is 1. The summed E-state index contributed by atoms with van der Waals surface area (Å²) in [6, 6.07) is 6.28. The van der Waals surface area contributed by atoms with Crippen LogP contribution < -0.4 is 10.2 Å². The Labute approximate surface area is 127 Å². The molecule has 0 fully saturated rings. The maximum atomic E-state index is 13.2. The maximum absolute atomic E-state index is 13.2. The van der Waals surface area contributed by atoms with E-state index in [0.29, 0.717) is 6.54 Å². The lowest BCUT2D eigenvalue weighted by molar-refractivity contribution is 0.624. The molecule has 1 N–H and O–H groups in total. The lowest BCUT2D eigenvalue weighted by atomic mass is 10.2. The number of aromatic nitrogens is 1. The van der Waals surface area contributed by atoms with E-state index < -0.39 is 5.82 Å². The van der Waals surface area contributed by atoms with Crippen molar-refractivity contribution in [3.05, 3.63) is 40.7 Å². The average Bonchev–Trinajstić information content (AvgIpc) is 2.96. The molecule has 4 nitrogen and oxygen atoms in total. The average molecular weight is 304 g/mol. The smallest absolute Gasteiger partial charge is 0.185 e. The molecule has 2 rings (SSSR count). The normalized spacial score (nSPS) is 10.2. The fourth-order valence-corrected chi connectivity index (χ4v) is 2.91. The van der Waals surface area contributed by atoms with Crippen molar-refractivity contribution in [2.45, 2.75) is 20.4 Å². The van der Waals surface area contributed by atoms with Crippen LogP contribution in [0.15, 0.2) is 24.4 Å². The van der Waals surface area contributed by atoms with Crippen LogP contribution in [0, 0.1) is 17.1 Å². The van der Waals surface area contributed by atoms with Gasteiger partial charge in [0.05, 0.1) is 12.1 Å². The van der Waals surface area contributed by atoms with Crippen LogP contribution in [0.4, 0.5) is 15.2 Å². The van der Waals surface area contributed by atoms with E-state index in [1.165, 1.54) is 12.1 Å². The van der Waals surface area contributed by atoms with Gasteiger partial charge in [-0.2, -0.15) is 5.26 Å². The monoisotopic (exact) mass is 304 g/mol. The molecule has 0 saturated carbocycles. The van der Waals surface area contributed by atoms with Gasteiger partial charge < -0.3 is 10.2 Å². The Morgan fingerprint density at radius 3 is 2.81 bits per heavy atom. The summed E-state index contributed by atoms with van der Waals surface area (Å²) in [5.74, 6) is -0.496. The summed E-state index contributed by atoms with van der Waals surface area (Å²) in [5.41, 5.74) is 0.777. The molecule has 110 valence electrons. The molecule has 21 heavy (non-hydrogen) atoms. The molecule has 0 saturated heterocycles.